The lowest BCUT2D eigenvalue weighted by molar-refractivity contribution is -0.140. The first-order valence-corrected chi connectivity index (χ1v) is 10.4. The Hall–Kier alpha value is -1.10. The normalized spacial score (nSPS) is 26.6. The first-order valence-electron chi connectivity index (χ1n) is 10.4. The minimum atomic E-state index is 0.189. The van der Waals surface area contributed by atoms with Gasteiger partial charge in [0.05, 0.1) is 12.7 Å². The van der Waals surface area contributed by atoms with Crippen LogP contribution in [-0.4, -0.2) is 60.5 Å². The van der Waals surface area contributed by atoms with Crippen molar-refractivity contribution in [2.45, 2.75) is 76.7 Å². The summed E-state index contributed by atoms with van der Waals surface area (Å²) in [6.45, 7) is 3.50. The van der Waals surface area contributed by atoms with Crippen molar-refractivity contribution in [3.8, 4) is 0 Å². The average Bonchev–Trinajstić information content (AvgIpc) is 2.85. The summed E-state index contributed by atoms with van der Waals surface area (Å²) < 4.78 is 5.93. The van der Waals surface area contributed by atoms with Crippen LogP contribution < -0.4 is 0 Å². The summed E-state index contributed by atoms with van der Waals surface area (Å²) in [5, 5.41) is 0. The molecular formula is C20H34N2O3. The Bertz CT molecular complexity index is 448. The second kappa shape index (κ2) is 9.56. The quantitative estimate of drug-likeness (QED) is 0.766. The first kappa shape index (κ1) is 18.7. The largest absolute Gasteiger partial charge is 0.375 e. The summed E-state index contributed by atoms with van der Waals surface area (Å²) in [7, 11) is 0. The smallest absolute Gasteiger partial charge is 0.224 e. The number of rotatable bonds is 5. The number of hydrogen-bond acceptors (Lipinski definition) is 3. The molecule has 2 saturated heterocycles. The molecule has 1 aliphatic carbocycles. The fourth-order valence-corrected chi connectivity index (χ4v) is 4.55. The number of ether oxygens (including phenoxy) is 1. The van der Waals surface area contributed by atoms with Crippen LogP contribution in [0.25, 0.3) is 0 Å². The van der Waals surface area contributed by atoms with Crippen LogP contribution in [0.1, 0.15) is 70.6 Å². The van der Waals surface area contributed by atoms with Crippen molar-refractivity contribution in [1.29, 1.82) is 0 Å². The van der Waals surface area contributed by atoms with Gasteiger partial charge in [-0.25, -0.2) is 0 Å². The summed E-state index contributed by atoms with van der Waals surface area (Å²) in [5.41, 5.74) is 0. The molecule has 0 radical (unpaired) electrons. The molecule has 0 unspecified atom stereocenters. The van der Waals surface area contributed by atoms with Gasteiger partial charge >= 0.3 is 0 Å². The van der Waals surface area contributed by atoms with Gasteiger partial charge in [-0.15, -0.1) is 0 Å². The molecular weight excluding hydrogens is 316 g/mol. The molecule has 3 rings (SSSR count). The maximum absolute atomic E-state index is 12.6. The van der Waals surface area contributed by atoms with E-state index in [0.717, 1.165) is 44.7 Å². The molecule has 2 amide bonds. The highest BCUT2D eigenvalue weighted by Gasteiger charge is 2.27. The lowest BCUT2D eigenvalue weighted by atomic mass is 9.85. The number of nitrogens with zero attached hydrogens (tertiary/aromatic N) is 2. The molecule has 0 N–H and O–H groups in total. The van der Waals surface area contributed by atoms with Gasteiger partial charge in [0.1, 0.15) is 0 Å². The number of carbonyl (C=O) groups is 2. The summed E-state index contributed by atoms with van der Waals surface area (Å²) in [6, 6.07) is 0. The summed E-state index contributed by atoms with van der Waals surface area (Å²) in [5.74, 6) is 1.19. The number of morpholine rings is 1. The molecule has 3 fully saturated rings. The molecule has 25 heavy (non-hydrogen) atoms. The molecule has 0 aromatic rings. The maximum atomic E-state index is 12.6. The van der Waals surface area contributed by atoms with Gasteiger partial charge in [0.25, 0.3) is 0 Å². The fraction of sp³-hybridized carbons (Fsp3) is 0.900. The Morgan fingerprint density at radius 3 is 2.68 bits per heavy atom. The number of carbonyl (C=O) groups excluding carboxylic acids is 2. The van der Waals surface area contributed by atoms with Gasteiger partial charge in [-0.1, -0.05) is 38.5 Å². The van der Waals surface area contributed by atoms with Gasteiger partial charge in [0.15, 0.2) is 0 Å². The number of likely N-dealkylation sites (tertiary alicyclic amines) is 1. The zero-order valence-electron chi connectivity index (χ0n) is 15.6. The molecule has 1 saturated carbocycles. The molecule has 1 atom stereocenters. The zero-order valence-corrected chi connectivity index (χ0v) is 15.6. The van der Waals surface area contributed by atoms with E-state index in [1.165, 1.54) is 32.1 Å². The van der Waals surface area contributed by atoms with Gasteiger partial charge < -0.3 is 14.5 Å². The third-order valence-corrected chi connectivity index (χ3v) is 6.08. The third-order valence-electron chi connectivity index (χ3n) is 6.08. The van der Waals surface area contributed by atoms with Crippen molar-refractivity contribution >= 4 is 11.8 Å². The Balaban J connectivity index is 1.42. The first-order chi connectivity index (χ1) is 12.2. The predicted octanol–water partition coefficient (Wildman–Crippen LogP) is 2.98. The summed E-state index contributed by atoms with van der Waals surface area (Å²) in [6.07, 6.45) is 12.3. The van der Waals surface area contributed by atoms with E-state index in [0.29, 0.717) is 32.5 Å². The summed E-state index contributed by atoms with van der Waals surface area (Å²) in [4.78, 5) is 28.5. The topological polar surface area (TPSA) is 49.9 Å². The maximum Gasteiger partial charge on any atom is 0.224 e. The molecule has 0 spiro atoms. The minimum absolute atomic E-state index is 0.189. The van der Waals surface area contributed by atoms with Crippen molar-refractivity contribution < 1.29 is 14.3 Å². The van der Waals surface area contributed by atoms with E-state index < -0.39 is 0 Å². The van der Waals surface area contributed by atoms with E-state index in [9.17, 15) is 9.59 Å². The van der Waals surface area contributed by atoms with E-state index >= 15 is 0 Å². The van der Waals surface area contributed by atoms with Crippen molar-refractivity contribution in [3.63, 3.8) is 0 Å². The van der Waals surface area contributed by atoms with Crippen LogP contribution in [0.2, 0.25) is 0 Å². The Labute approximate surface area is 152 Å². The Morgan fingerprint density at radius 1 is 1.04 bits per heavy atom. The third kappa shape index (κ3) is 5.70. The van der Waals surface area contributed by atoms with Crippen molar-refractivity contribution in [2.24, 2.45) is 5.92 Å². The molecule has 0 aromatic carbocycles. The number of hydrogen-bond donors (Lipinski definition) is 0. The van der Waals surface area contributed by atoms with Crippen LogP contribution in [0.3, 0.4) is 0 Å². The monoisotopic (exact) mass is 350 g/mol. The van der Waals surface area contributed by atoms with Crippen LogP contribution in [0.5, 0.6) is 0 Å². The Kier molecular flexibility index (Phi) is 7.14. The fourth-order valence-electron chi connectivity index (χ4n) is 4.55. The number of amides is 2. The molecule has 3 aliphatic rings. The average molecular weight is 351 g/mol. The predicted molar refractivity (Wildman–Crippen MR) is 97.2 cm³/mol. The van der Waals surface area contributed by atoms with Crippen molar-refractivity contribution in [2.75, 3.05) is 32.8 Å². The second-order valence-corrected chi connectivity index (χ2v) is 8.01. The van der Waals surface area contributed by atoms with Crippen LogP contribution in [0, 0.1) is 5.92 Å². The Morgan fingerprint density at radius 2 is 1.84 bits per heavy atom. The zero-order chi connectivity index (χ0) is 17.5. The van der Waals surface area contributed by atoms with Crippen LogP contribution in [0.15, 0.2) is 0 Å². The molecule has 0 bridgehead atoms. The van der Waals surface area contributed by atoms with Gasteiger partial charge in [-0.05, 0) is 25.2 Å². The van der Waals surface area contributed by atoms with E-state index in [1.807, 2.05) is 9.80 Å². The molecule has 142 valence electrons. The van der Waals surface area contributed by atoms with E-state index in [2.05, 4.69) is 0 Å². The highest BCUT2D eigenvalue weighted by atomic mass is 16.5. The molecule has 5 heteroatoms. The van der Waals surface area contributed by atoms with Crippen LogP contribution >= 0.6 is 0 Å². The lowest BCUT2D eigenvalue weighted by Gasteiger charge is -2.35. The van der Waals surface area contributed by atoms with E-state index in [1.54, 1.807) is 0 Å². The van der Waals surface area contributed by atoms with Gasteiger partial charge in [-0.3, -0.25) is 9.59 Å². The van der Waals surface area contributed by atoms with E-state index in [-0.39, 0.29) is 17.9 Å². The van der Waals surface area contributed by atoms with Crippen LogP contribution in [-0.2, 0) is 14.3 Å². The second-order valence-electron chi connectivity index (χ2n) is 8.01. The van der Waals surface area contributed by atoms with E-state index in [4.69, 9.17) is 4.74 Å². The minimum Gasteiger partial charge on any atom is -0.375 e. The lowest BCUT2D eigenvalue weighted by Crippen LogP contribution is -2.47. The van der Waals surface area contributed by atoms with Crippen LogP contribution in [0.4, 0.5) is 0 Å². The summed E-state index contributed by atoms with van der Waals surface area (Å²) >= 11 is 0. The van der Waals surface area contributed by atoms with Gasteiger partial charge in [-0.2, -0.15) is 0 Å². The molecule has 2 heterocycles. The van der Waals surface area contributed by atoms with Crippen molar-refractivity contribution in [1.82, 2.24) is 9.80 Å². The SMILES string of the molecule is O=C1CCCCCN1CCC(=O)N1CCO[C@H](CC2CCCCC2)C1. The molecule has 0 aromatic heterocycles. The molecule has 5 nitrogen and oxygen atoms in total. The van der Waals surface area contributed by atoms with Crippen molar-refractivity contribution in [3.05, 3.63) is 0 Å². The van der Waals surface area contributed by atoms with Gasteiger partial charge in [0, 0.05) is 39.0 Å². The highest BCUT2D eigenvalue weighted by molar-refractivity contribution is 5.79. The molecule has 2 aliphatic heterocycles. The standard InChI is InChI=1S/C20H34N2O3/c23-19-9-5-2-6-11-21(19)12-10-20(24)22-13-14-25-18(16-22)15-17-7-3-1-4-8-17/h17-18H,1-16H2/t18-/m1/s1. The highest BCUT2D eigenvalue weighted by Crippen LogP contribution is 2.29. The van der Waals surface area contributed by atoms with Gasteiger partial charge in [0.2, 0.25) is 11.8 Å².